The quantitative estimate of drug-likeness (QED) is 0.702. The first kappa shape index (κ1) is 5.20. The molecule has 0 spiro atoms. The molecule has 2 heteroatoms. The molecule has 2 nitrogen and oxygen atoms in total. The van der Waals surface area contributed by atoms with Gasteiger partial charge in [0.05, 0.1) is 0 Å². The molecule has 4 aliphatic carbocycles. The molecule has 4 bridgehead atoms. The predicted octanol–water partition coefficient (Wildman–Crippen LogP) is 2.48. The maximum absolute atomic E-state index is 11.0. The van der Waals surface area contributed by atoms with Crippen molar-refractivity contribution in [3.8, 4) is 0 Å². The first-order valence-corrected chi connectivity index (χ1v) is 5.68. The second-order valence-electron chi connectivity index (χ2n) is 6.11. The number of carbonyl (C=O) groups excluding carboxylic acids is 1. The normalized spacial score (nSPS) is 64.4. The smallest absolute Gasteiger partial charge is 0.207 e. The maximum Gasteiger partial charge on any atom is 0.207 e. The lowest BCUT2D eigenvalue weighted by Crippen LogP contribution is -2.63. The average Bonchev–Trinajstić information content (AvgIpc) is 2.23. The molecule has 0 radical (unpaired) electrons. The molecule has 4 rings (SSSR count). The fraction of sp³-hybridized carbons (Fsp3) is 0.923. The van der Waals surface area contributed by atoms with Crippen LogP contribution in [0, 0.1) is 16.7 Å². The van der Waals surface area contributed by atoms with Gasteiger partial charge in [0.1, 0.15) is 0 Å². The zero-order chi connectivity index (χ0) is 15.7. The summed E-state index contributed by atoms with van der Waals surface area (Å²) in [6.07, 6.45) is 3.42. The Morgan fingerprint density at radius 3 is 2.40 bits per heavy atom. The summed E-state index contributed by atoms with van der Waals surface area (Å²) >= 11 is 0. The van der Waals surface area contributed by atoms with Gasteiger partial charge in [-0.05, 0) is 55.3 Å². The van der Waals surface area contributed by atoms with E-state index in [1.54, 1.807) is 0 Å². The Labute approximate surface area is 100 Å². The van der Waals surface area contributed by atoms with E-state index < -0.39 is 30.1 Å². The lowest BCUT2D eigenvalue weighted by molar-refractivity contribution is -0.131. The lowest BCUT2D eigenvalue weighted by Gasteiger charge is -2.65. The summed E-state index contributed by atoms with van der Waals surface area (Å²) in [5.74, 6) is 0.0783. The number of carbonyl (C=O) groups is 1. The van der Waals surface area contributed by atoms with Gasteiger partial charge in [0.15, 0.2) is 0 Å². The molecular formula is C13H21NO. The Hall–Kier alpha value is -0.530. The Morgan fingerprint density at radius 1 is 1.20 bits per heavy atom. The van der Waals surface area contributed by atoms with Crippen LogP contribution in [-0.2, 0) is 4.79 Å². The van der Waals surface area contributed by atoms with Gasteiger partial charge in [-0.2, -0.15) is 0 Å². The van der Waals surface area contributed by atoms with Crippen LogP contribution < -0.4 is 5.32 Å². The second kappa shape index (κ2) is 2.58. The number of rotatable bonds is 2. The van der Waals surface area contributed by atoms with E-state index in [0.717, 1.165) is 0 Å². The molecule has 1 amide bonds. The number of hydrogen-bond acceptors (Lipinski definition) is 1. The van der Waals surface area contributed by atoms with E-state index in [1.807, 2.05) is 0 Å². The van der Waals surface area contributed by atoms with Gasteiger partial charge < -0.3 is 5.32 Å². The summed E-state index contributed by atoms with van der Waals surface area (Å²) in [6, 6.07) is 0. The lowest BCUT2D eigenvalue weighted by atomic mass is 9.43. The predicted molar refractivity (Wildman–Crippen MR) is 59.3 cm³/mol. The Balaban J connectivity index is 2.10. The molecule has 4 saturated carbocycles. The molecule has 0 aromatic heterocycles. The third-order valence-electron chi connectivity index (χ3n) is 4.43. The van der Waals surface area contributed by atoms with Crippen molar-refractivity contribution in [1.82, 2.24) is 5.32 Å². The Kier molecular flexibility index (Phi) is 0.896. The summed E-state index contributed by atoms with van der Waals surface area (Å²) in [6.45, 7) is -4.36. The molecule has 1 N–H and O–H groups in total. The van der Waals surface area contributed by atoms with E-state index in [2.05, 4.69) is 5.32 Å². The van der Waals surface area contributed by atoms with Crippen LogP contribution in [0.2, 0.25) is 0 Å². The van der Waals surface area contributed by atoms with Gasteiger partial charge in [-0.3, -0.25) is 4.79 Å². The van der Waals surface area contributed by atoms with Crippen molar-refractivity contribution in [2.45, 2.75) is 57.8 Å². The molecule has 0 saturated heterocycles. The molecule has 4 fully saturated rings. The van der Waals surface area contributed by atoms with Crippen LogP contribution in [0.15, 0.2) is 0 Å². The largest absolute Gasteiger partial charge is 0.353 e. The van der Waals surface area contributed by atoms with Crippen LogP contribution in [0.3, 0.4) is 0 Å². The van der Waals surface area contributed by atoms with Crippen molar-refractivity contribution in [3.05, 3.63) is 0 Å². The minimum atomic E-state index is -2.18. The van der Waals surface area contributed by atoms with Crippen molar-refractivity contribution in [2.24, 2.45) is 16.7 Å². The minimum absolute atomic E-state index is 0.0783. The van der Waals surface area contributed by atoms with Crippen molar-refractivity contribution >= 4 is 6.41 Å². The van der Waals surface area contributed by atoms with Gasteiger partial charge in [0, 0.05) is 13.8 Å². The molecular weight excluding hydrogens is 186 g/mol. The summed E-state index contributed by atoms with van der Waals surface area (Å²) < 4.78 is 47.7. The zero-order valence-electron chi connectivity index (χ0n) is 14.8. The number of amides is 1. The fourth-order valence-corrected chi connectivity index (χ4v) is 4.72. The van der Waals surface area contributed by atoms with Gasteiger partial charge in [-0.1, -0.05) is 13.7 Å². The zero-order valence-corrected chi connectivity index (χ0v) is 8.81. The Bertz CT molecular complexity index is 440. The van der Waals surface area contributed by atoms with Gasteiger partial charge >= 0.3 is 0 Å². The molecule has 15 heavy (non-hydrogen) atoms. The summed E-state index contributed by atoms with van der Waals surface area (Å²) in [7, 11) is 0. The maximum atomic E-state index is 11.0. The molecule has 0 heterocycles. The molecule has 0 aliphatic heterocycles. The third kappa shape index (κ3) is 1.33. The third-order valence-corrected chi connectivity index (χ3v) is 4.43. The second-order valence-corrected chi connectivity index (χ2v) is 6.11. The van der Waals surface area contributed by atoms with Gasteiger partial charge in [-0.15, -0.1) is 0 Å². The molecule has 2 unspecified atom stereocenters. The highest BCUT2D eigenvalue weighted by atomic mass is 16.1. The average molecular weight is 213 g/mol. The standard InChI is InChI=1S/C13H21NO/c1-11-3-10-4-12(2,6-11)8-13(5-10,7-11)14-9-15/h9-10H,3-8H2,1-2H3,(H,14,15)/i1D3,2D3. The van der Waals surface area contributed by atoms with Crippen molar-refractivity contribution in [3.63, 3.8) is 0 Å². The first-order valence-electron chi connectivity index (χ1n) is 8.68. The van der Waals surface area contributed by atoms with Crippen LogP contribution in [0.4, 0.5) is 0 Å². The van der Waals surface area contributed by atoms with Gasteiger partial charge in [0.25, 0.3) is 0 Å². The van der Waals surface area contributed by atoms with E-state index in [1.165, 1.54) is 0 Å². The molecule has 84 valence electrons. The summed E-state index contributed by atoms with van der Waals surface area (Å²) in [5, 5.41) is 2.80. The van der Waals surface area contributed by atoms with Gasteiger partial charge in [-0.25, -0.2) is 0 Å². The number of hydrogen-bond donors (Lipinski definition) is 1. The summed E-state index contributed by atoms with van der Waals surface area (Å²) in [4.78, 5) is 11.0. The molecule has 0 aromatic rings. The molecule has 2 atom stereocenters. The SMILES string of the molecule is [2H]C([2H])([2H])C12CC3CC(NC=O)(C1)CC(C([2H])([2H])[2H])(C3)C2. The Morgan fingerprint density at radius 2 is 1.87 bits per heavy atom. The minimum Gasteiger partial charge on any atom is -0.353 e. The molecule has 0 aromatic carbocycles. The van der Waals surface area contributed by atoms with Gasteiger partial charge in [0.2, 0.25) is 6.41 Å². The van der Waals surface area contributed by atoms with E-state index in [0.29, 0.717) is 38.5 Å². The van der Waals surface area contributed by atoms with Crippen molar-refractivity contribution in [1.29, 1.82) is 0 Å². The van der Waals surface area contributed by atoms with E-state index in [4.69, 9.17) is 8.22 Å². The van der Waals surface area contributed by atoms with E-state index >= 15 is 0 Å². The number of nitrogens with one attached hydrogen (secondary N) is 1. The van der Waals surface area contributed by atoms with Crippen molar-refractivity contribution < 1.29 is 13.0 Å². The van der Waals surface area contributed by atoms with Crippen LogP contribution in [-0.4, -0.2) is 11.9 Å². The monoisotopic (exact) mass is 213 g/mol. The highest BCUT2D eigenvalue weighted by Gasteiger charge is 2.59. The summed E-state index contributed by atoms with van der Waals surface area (Å²) in [5.41, 5.74) is -2.57. The van der Waals surface area contributed by atoms with Crippen LogP contribution in [0.5, 0.6) is 0 Å². The highest BCUT2D eigenvalue weighted by molar-refractivity contribution is 5.48. The van der Waals surface area contributed by atoms with Crippen molar-refractivity contribution in [2.75, 3.05) is 0 Å². The van der Waals surface area contributed by atoms with Crippen LogP contribution in [0.1, 0.15) is 60.5 Å². The fourth-order valence-electron chi connectivity index (χ4n) is 4.72. The molecule has 4 aliphatic rings. The first-order chi connectivity index (χ1) is 9.47. The van der Waals surface area contributed by atoms with E-state index in [9.17, 15) is 4.79 Å². The van der Waals surface area contributed by atoms with Crippen LogP contribution in [0.25, 0.3) is 0 Å². The topological polar surface area (TPSA) is 29.1 Å². The van der Waals surface area contributed by atoms with E-state index in [-0.39, 0.29) is 12.3 Å². The van der Waals surface area contributed by atoms with Crippen LogP contribution >= 0.6 is 0 Å². The highest BCUT2D eigenvalue weighted by Crippen LogP contribution is 2.66.